The Bertz CT molecular complexity index is 583. The molecule has 0 saturated heterocycles. The molecule has 0 saturated carbocycles. The van der Waals surface area contributed by atoms with Gasteiger partial charge in [-0.25, -0.2) is 13.1 Å². The Hall–Kier alpha value is -1.11. The van der Waals surface area contributed by atoms with E-state index in [9.17, 15) is 8.42 Å². The predicted molar refractivity (Wildman–Crippen MR) is 81.2 cm³/mol. The molecule has 0 spiro atoms. The van der Waals surface area contributed by atoms with Gasteiger partial charge in [-0.1, -0.05) is 6.07 Å². The van der Waals surface area contributed by atoms with Gasteiger partial charge in [0.15, 0.2) is 0 Å². The van der Waals surface area contributed by atoms with E-state index in [0.29, 0.717) is 29.7 Å². The Balaban J connectivity index is 3.14. The molecule has 6 heteroatoms. The van der Waals surface area contributed by atoms with Crippen molar-refractivity contribution in [1.29, 1.82) is 0 Å². The Labute approximate surface area is 121 Å². The molecule has 0 heterocycles. The van der Waals surface area contributed by atoms with E-state index in [2.05, 4.69) is 4.72 Å². The van der Waals surface area contributed by atoms with Gasteiger partial charge < -0.3 is 10.8 Å². The number of rotatable bonds is 6. The lowest BCUT2D eigenvalue weighted by molar-refractivity contribution is 0.279. The van der Waals surface area contributed by atoms with Crippen LogP contribution in [0.3, 0.4) is 0 Å². The highest BCUT2D eigenvalue weighted by molar-refractivity contribution is 7.89. The minimum Gasteiger partial charge on any atom is -0.398 e. The smallest absolute Gasteiger partial charge is 0.241 e. The third kappa shape index (κ3) is 3.71. The van der Waals surface area contributed by atoms with Crippen molar-refractivity contribution in [2.45, 2.75) is 51.5 Å². The maximum Gasteiger partial charge on any atom is 0.241 e. The number of sulfonamides is 1. The summed E-state index contributed by atoms with van der Waals surface area (Å²) in [7, 11) is -3.60. The van der Waals surface area contributed by atoms with Gasteiger partial charge in [-0.3, -0.25) is 0 Å². The zero-order valence-electron chi connectivity index (χ0n) is 12.5. The summed E-state index contributed by atoms with van der Waals surface area (Å²) in [5.74, 6) is 0. The van der Waals surface area contributed by atoms with Crippen LogP contribution in [0.15, 0.2) is 11.0 Å². The summed E-state index contributed by atoms with van der Waals surface area (Å²) in [5.41, 5.74) is 8.61. The van der Waals surface area contributed by atoms with E-state index in [1.165, 1.54) is 0 Å². The fourth-order valence-corrected chi connectivity index (χ4v) is 4.14. The van der Waals surface area contributed by atoms with Crippen molar-refractivity contribution in [3.05, 3.63) is 22.8 Å². The van der Waals surface area contributed by atoms with Crippen molar-refractivity contribution < 1.29 is 13.5 Å². The SMILES string of the molecule is Cc1cc(C)c(S(=O)(=O)NC(C)CCCO)c(C)c1N. The number of hydrogen-bond donors (Lipinski definition) is 3. The van der Waals surface area contributed by atoms with Crippen LogP contribution in [0, 0.1) is 20.8 Å². The van der Waals surface area contributed by atoms with E-state index < -0.39 is 10.0 Å². The molecule has 20 heavy (non-hydrogen) atoms. The molecule has 0 fully saturated rings. The van der Waals surface area contributed by atoms with Gasteiger partial charge in [0.1, 0.15) is 0 Å². The Morgan fingerprint density at radius 3 is 2.45 bits per heavy atom. The summed E-state index contributed by atoms with van der Waals surface area (Å²) in [6, 6.07) is 1.56. The van der Waals surface area contributed by atoms with Crippen LogP contribution in [0.25, 0.3) is 0 Å². The number of nitrogens with one attached hydrogen (secondary N) is 1. The molecule has 0 aliphatic rings. The van der Waals surface area contributed by atoms with E-state index in [0.717, 1.165) is 5.56 Å². The van der Waals surface area contributed by atoms with Crippen LogP contribution in [-0.4, -0.2) is 26.2 Å². The van der Waals surface area contributed by atoms with Gasteiger partial charge in [-0.2, -0.15) is 0 Å². The number of aryl methyl sites for hydroxylation is 2. The highest BCUT2D eigenvalue weighted by Gasteiger charge is 2.23. The van der Waals surface area contributed by atoms with Gasteiger partial charge in [0.05, 0.1) is 4.90 Å². The van der Waals surface area contributed by atoms with Crippen LogP contribution >= 0.6 is 0 Å². The zero-order chi connectivity index (χ0) is 15.5. The lowest BCUT2D eigenvalue weighted by atomic mass is 10.1. The van der Waals surface area contributed by atoms with Crippen molar-refractivity contribution in [3.63, 3.8) is 0 Å². The first-order valence-corrected chi connectivity index (χ1v) is 8.18. The Morgan fingerprint density at radius 2 is 1.90 bits per heavy atom. The van der Waals surface area contributed by atoms with Crippen LogP contribution in [0.4, 0.5) is 5.69 Å². The standard InChI is InChI=1S/C14H24N2O3S/c1-9-8-10(2)14(12(4)13(9)15)20(18,19)16-11(3)6-5-7-17/h8,11,16-17H,5-7,15H2,1-4H3. The Kier molecular flexibility index (Phi) is 5.56. The lowest BCUT2D eigenvalue weighted by Gasteiger charge is -2.18. The maximum atomic E-state index is 12.5. The van der Waals surface area contributed by atoms with E-state index >= 15 is 0 Å². The van der Waals surface area contributed by atoms with Crippen LogP contribution in [0.5, 0.6) is 0 Å². The monoisotopic (exact) mass is 300 g/mol. The first kappa shape index (κ1) is 16.9. The van der Waals surface area contributed by atoms with E-state index in [1.54, 1.807) is 26.8 Å². The van der Waals surface area contributed by atoms with Crippen LogP contribution in [0.2, 0.25) is 0 Å². The van der Waals surface area contributed by atoms with Crippen LogP contribution < -0.4 is 10.5 Å². The summed E-state index contributed by atoms with van der Waals surface area (Å²) < 4.78 is 27.6. The van der Waals surface area contributed by atoms with Crippen molar-refractivity contribution in [2.75, 3.05) is 12.3 Å². The summed E-state index contributed by atoms with van der Waals surface area (Å²) in [6.45, 7) is 7.20. The number of nitrogens with two attached hydrogens (primary N) is 1. The molecule has 0 aromatic heterocycles. The van der Waals surface area contributed by atoms with Crippen LogP contribution in [0.1, 0.15) is 36.5 Å². The summed E-state index contributed by atoms with van der Waals surface area (Å²) in [5, 5.41) is 8.79. The molecule has 1 atom stereocenters. The van der Waals surface area contributed by atoms with Crippen molar-refractivity contribution in [1.82, 2.24) is 4.72 Å². The molecule has 1 aromatic rings. The zero-order valence-corrected chi connectivity index (χ0v) is 13.3. The number of nitrogen functional groups attached to an aromatic ring is 1. The van der Waals surface area contributed by atoms with Crippen LogP contribution in [-0.2, 0) is 10.0 Å². The minimum atomic E-state index is -3.60. The van der Waals surface area contributed by atoms with Gasteiger partial charge in [0.2, 0.25) is 10.0 Å². The predicted octanol–water partition coefficient (Wildman–Crippen LogP) is 1.63. The second kappa shape index (κ2) is 6.56. The number of aliphatic hydroxyl groups excluding tert-OH is 1. The summed E-state index contributed by atoms with van der Waals surface area (Å²) >= 11 is 0. The van der Waals surface area contributed by atoms with Gasteiger partial charge in [-0.15, -0.1) is 0 Å². The molecule has 5 nitrogen and oxygen atoms in total. The lowest BCUT2D eigenvalue weighted by Crippen LogP contribution is -2.33. The highest BCUT2D eigenvalue weighted by Crippen LogP contribution is 2.28. The maximum absolute atomic E-state index is 12.5. The molecule has 0 aliphatic carbocycles. The van der Waals surface area contributed by atoms with Gasteiger partial charge in [0, 0.05) is 18.3 Å². The molecule has 1 rings (SSSR count). The van der Waals surface area contributed by atoms with E-state index in [1.807, 2.05) is 6.92 Å². The number of anilines is 1. The highest BCUT2D eigenvalue weighted by atomic mass is 32.2. The second-order valence-corrected chi connectivity index (χ2v) is 6.92. The van der Waals surface area contributed by atoms with E-state index in [4.69, 9.17) is 10.8 Å². The molecule has 0 aliphatic heterocycles. The van der Waals surface area contributed by atoms with Gasteiger partial charge >= 0.3 is 0 Å². The molecule has 1 unspecified atom stereocenters. The van der Waals surface area contributed by atoms with Crippen molar-refractivity contribution >= 4 is 15.7 Å². The Morgan fingerprint density at radius 1 is 1.30 bits per heavy atom. The largest absolute Gasteiger partial charge is 0.398 e. The number of benzene rings is 1. The third-order valence-corrected chi connectivity index (χ3v) is 5.26. The first-order chi connectivity index (χ1) is 9.20. The minimum absolute atomic E-state index is 0.0571. The molecule has 0 bridgehead atoms. The average molecular weight is 300 g/mol. The molecular formula is C14H24N2O3S. The number of aliphatic hydroxyl groups is 1. The third-order valence-electron chi connectivity index (χ3n) is 3.38. The molecule has 4 N–H and O–H groups in total. The molecule has 1 aromatic carbocycles. The van der Waals surface area contributed by atoms with Gasteiger partial charge in [-0.05, 0) is 57.2 Å². The molecule has 0 radical (unpaired) electrons. The molecule has 114 valence electrons. The molecular weight excluding hydrogens is 276 g/mol. The summed E-state index contributed by atoms with van der Waals surface area (Å²) in [4.78, 5) is 0.261. The quantitative estimate of drug-likeness (QED) is 0.696. The topological polar surface area (TPSA) is 92.4 Å². The van der Waals surface area contributed by atoms with Crippen molar-refractivity contribution in [3.8, 4) is 0 Å². The normalized spacial score (nSPS) is 13.4. The average Bonchev–Trinajstić information content (AvgIpc) is 2.32. The fraction of sp³-hybridized carbons (Fsp3) is 0.571. The first-order valence-electron chi connectivity index (χ1n) is 6.70. The summed E-state index contributed by atoms with van der Waals surface area (Å²) in [6.07, 6.45) is 1.16. The van der Waals surface area contributed by atoms with E-state index in [-0.39, 0.29) is 17.5 Å². The van der Waals surface area contributed by atoms with Gasteiger partial charge in [0.25, 0.3) is 0 Å². The van der Waals surface area contributed by atoms with Crippen molar-refractivity contribution in [2.24, 2.45) is 0 Å². The fourth-order valence-electron chi connectivity index (χ4n) is 2.38. The molecule has 0 amide bonds. The second-order valence-electron chi connectivity index (χ2n) is 5.27. The number of hydrogen-bond acceptors (Lipinski definition) is 4.